The van der Waals surface area contributed by atoms with Gasteiger partial charge in [-0.25, -0.2) is 4.79 Å². The Hall–Kier alpha value is -2.58. The van der Waals surface area contributed by atoms with Crippen molar-refractivity contribution >= 4 is 23.9 Å². The smallest absolute Gasteiger partial charge is 0.337 e. The highest BCUT2D eigenvalue weighted by Gasteiger charge is 2.71. The Kier molecular flexibility index (Phi) is 6.08. The van der Waals surface area contributed by atoms with Crippen molar-refractivity contribution in [1.82, 2.24) is 0 Å². The molecule has 0 radical (unpaired) electrons. The first-order valence-corrected chi connectivity index (χ1v) is 10.4. The van der Waals surface area contributed by atoms with Crippen molar-refractivity contribution in [3.05, 3.63) is 11.8 Å². The van der Waals surface area contributed by atoms with E-state index in [1.54, 1.807) is 0 Å². The van der Waals surface area contributed by atoms with Crippen molar-refractivity contribution < 1.29 is 42.9 Å². The maximum absolute atomic E-state index is 12.7. The van der Waals surface area contributed by atoms with Crippen molar-refractivity contribution in [2.75, 3.05) is 13.7 Å². The molecule has 2 fully saturated rings. The molecular formula is C22H30O9. The van der Waals surface area contributed by atoms with Gasteiger partial charge in [-0.3, -0.25) is 14.4 Å². The number of methoxy groups -OCH3 is 1. The van der Waals surface area contributed by atoms with E-state index in [4.69, 9.17) is 23.7 Å². The summed E-state index contributed by atoms with van der Waals surface area (Å²) in [6.45, 7) is 7.78. The molecule has 172 valence electrons. The molecule has 0 aromatic carbocycles. The summed E-state index contributed by atoms with van der Waals surface area (Å²) in [5, 5.41) is 0. The van der Waals surface area contributed by atoms with E-state index in [0.717, 1.165) is 0 Å². The second-order valence-corrected chi connectivity index (χ2v) is 9.16. The Labute approximate surface area is 181 Å². The van der Waals surface area contributed by atoms with E-state index in [-0.39, 0.29) is 29.4 Å². The molecule has 9 nitrogen and oxygen atoms in total. The molecule has 1 heterocycles. The molecule has 0 aromatic rings. The molecule has 3 rings (SSSR count). The van der Waals surface area contributed by atoms with Crippen LogP contribution < -0.4 is 0 Å². The van der Waals surface area contributed by atoms with E-state index in [9.17, 15) is 19.2 Å². The average molecular weight is 438 g/mol. The molecule has 0 spiro atoms. The van der Waals surface area contributed by atoms with Crippen LogP contribution in [0.15, 0.2) is 11.8 Å². The van der Waals surface area contributed by atoms with Crippen LogP contribution >= 0.6 is 0 Å². The Balaban J connectivity index is 2.17. The molecule has 6 atom stereocenters. The van der Waals surface area contributed by atoms with Crippen molar-refractivity contribution in [1.29, 1.82) is 0 Å². The highest BCUT2D eigenvalue weighted by Crippen LogP contribution is 2.70. The van der Waals surface area contributed by atoms with Crippen molar-refractivity contribution in [2.24, 2.45) is 29.1 Å². The van der Waals surface area contributed by atoms with Gasteiger partial charge in [0.05, 0.1) is 24.9 Å². The molecule has 0 unspecified atom stereocenters. The molecule has 9 heteroatoms. The van der Waals surface area contributed by atoms with Crippen molar-refractivity contribution in [2.45, 2.75) is 59.4 Å². The fourth-order valence-electron chi connectivity index (χ4n) is 5.67. The largest absolute Gasteiger partial charge is 0.466 e. The zero-order valence-electron chi connectivity index (χ0n) is 18.8. The predicted octanol–water partition coefficient (Wildman–Crippen LogP) is 2.13. The highest BCUT2D eigenvalue weighted by molar-refractivity contribution is 5.89. The predicted molar refractivity (Wildman–Crippen MR) is 105 cm³/mol. The Bertz CT molecular complexity index is 814. The average Bonchev–Trinajstić information content (AvgIpc) is 3.26. The molecule has 0 N–H and O–H groups in total. The van der Waals surface area contributed by atoms with Crippen LogP contribution in [-0.4, -0.2) is 49.5 Å². The lowest BCUT2D eigenvalue weighted by Gasteiger charge is -2.47. The van der Waals surface area contributed by atoms with Gasteiger partial charge in [0, 0.05) is 26.7 Å². The van der Waals surface area contributed by atoms with Crippen molar-refractivity contribution in [3.8, 4) is 0 Å². The van der Waals surface area contributed by atoms with E-state index >= 15 is 0 Å². The lowest BCUT2D eigenvalue weighted by atomic mass is 9.69. The third-order valence-electron chi connectivity index (χ3n) is 6.95. The van der Waals surface area contributed by atoms with Crippen LogP contribution in [-0.2, 0) is 42.9 Å². The van der Waals surface area contributed by atoms with Crippen LogP contribution in [0.3, 0.4) is 0 Å². The molecule has 31 heavy (non-hydrogen) atoms. The normalized spacial score (nSPS) is 35.0. The summed E-state index contributed by atoms with van der Waals surface area (Å²) in [4.78, 5) is 48.3. The van der Waals surface area contributed by atoms with Crippen molar-refractivity contribution in [3.63, 3.8) is 0 Å². The van der Waals surface area contributed by atoms with Gasteiger partial charge < -0.3 is 23.7 Å². The highest BCUT2D eigenvalue weighted by atomic mass is 16.7. The van der Waals surface area contributed by atoms with E-state index in [0.29, 0.717) is 12.8 Å². The summed E-state index contributed by atoms with van der Waals surface area (Å²) in [6, 6.07) is 0. The Morgan fingerprint density at radius 1 is 1.06 bits per heavy atom. The second kappa shape index (κ2) is 8.16. The first-order chi connectivity index (χ1) is 14.4. The Morgan fingerprint density at radius 2 is 1.74 bits per heavy atom. The first-order valence-electron chi connectivity index (χ1n) is 10.4. The van der Waals surface area contributed by atoms with Crippen LogP contribution in [0.2, 0.25) is 0 Å². The van der Waals surface area contributed by atoms with Gasteiger partial charge in [0.15, 0.2) is 5.60 Å². The zero-order valence-corrected chi connectivity index (χ0v) is 18.8. The number of fused-ring (bicyclic) bond motifs is 3. The molecule has 2 aliphatic carbocycles. The van der Waals surface area contributed by atoms with Gasteiger partial charge in [-0.15, -0.1) is 0 Å². The fourth-order valence-corrected chi connectivity index (χ4v) is 5.67. The minimum absolute atomic E-state index is 0.0413. The number of carbonyl (C=O) groups excluding carboxylic acids is 4. The van der Waals surface area contributed by atoms with E-state index in [1.165, 1.54) is 34.1 Å². The molecule has 0 bridgehead atoms. The monoisotopic (exact) mass is 438 g/mol. The van der Waals surface area contributed by atoms with Gasteiger partial charge in [0.2, 0.25) is 0 Å². The summed E-state index contributed by atoms with van der Waals surface area (Å²) >= 11 is 0. The van der Waals surface area contributed by atoms with Crippen LogP contribution in [0.1, 0.15) is 47.5 Å². The number of carbonyl (C=O) groups is 4. The Morgan fingerprint density at radius 3 is 2.29 bits per heavy atom. The van der Waals surface area contributed by atoms with Gasteiger partial charge in [-0.05, 0) is 30.1 Å². The third-order valence-corrected chi connectivity index (χ3v) is 6.95. The summed E-state index contributed by atoms with van der Waals surface area (Å²) in [6.07, 6.45) is 1.20. The number of rotatable bonds is 5. The second-order valence-electron chi connectivity index (χ2n) is 9.16. The van der Waals surface area contributed by atoms with Gasteiger partial charge in [-0.1, -0.05) is 13.8 Å². The van der Waals surface area contributed by atoms with E-state index in [1.807, 2.05) is 0 Å². The molecule has 0 aromatic heterocycles. The summed E-state index contributed by atoms with van der Waals surface area (Å²) in [7, 11) is 1.28. The minimum atomic E-state index is -1.33. The van der Waals surface area contributed by atoms with E-state index < -0.39 is 47.6 Å². The maximum atomic E-state index is 12.7. The topological polar surface area (TPSA) is 114 Å². The quantitative estimate of drug-likeness (QED) is 0.470. The van der Waals surface area contributed by atoms with Gasteiger partial charge in [0.25, 0.3) is 6.29 Å². The lowest BCUT2D eigenvalue weighted by Crippen LogP contribution is -2.57. The van der Waals surface area contributed by atoms with E-state index in [2.05, 4.69) is 13.8 Å². The summed E-state index contributed by atoms with van der Waals surface area (Å²) in [5.74, 6) is -3.24. The summed E-state index contributed by atoms with van der Waals surface area (Å²) in [5.41, 5.74) is -1.13. The molecule has 3 aliphatic rings. The van der Waals surface area contributed by atoms with Gasteiger partial charge in [-0.2, -0.15) is 0 Å². The number of ether oxygens (including phenoxy) is 5. The molecule has 1 aliphatic heterocycles. The standard InChI is InChI=1S/C22H30O9/c1-11(23)29-10-22(31-13(3)25)8-7-15-17(21(15,4)5)16-14(19(26)27-6)9-28-20(18(16)22)30-12(2)24/h9,15-18,20H,7-8,10H2,1-6H3/t15-,16+,17-,18-,20+,22+/m1/s1. The molecule has 2 saturated carbocycles. The molecular weight excluding hydrogens is 408 g/mol. The third kappa shape index (κ3) is 4.14. The van der Waals surface area contributed by atoms with Gasteiger partial charge >= 0.3 is 23.9 Å². The van der Waals surface area contributed by atoms with Gasteiger partial charge in [0.1, 0.15) is 6.61 Å². The lowest BCUT2D eigenvalue weighted by molar-refractivity contribution is -0.232. The molecule has 0 saturated heterocycles. The van der Waals surface area contributed by atoms with Crippen LogP contribution in [0, 0.1) is 29.1 Å². The van der Waals surface area contributed by atoms with Crippen LogP contribution in [0.25, 0.3) is 0 Å². The maximum Gasteiger partial charge on any atom is 0.337 e. The minimum Gasteiger partial charge on any atom is -0.466 e. The summed E-state index contributed by atoms with van der Waals surface area (Å²) < 4.78 is 27.3. The molecule has 0 amide bonds. The fraction of sp³-hybridized carbons (Fsp3) is 0.727. The number of hydrogen-bond donors (Lipinski definition) is 0. The number of hydrogen-bond acceptors (Lipinski definition) is 9. The number of esters is 4. The first kappa shape index (κ1) is 23.1. The zero-order chi connectivity index (χ0) is 23.1. The SMILES string of the molecule is COC(=O)C1=CO[C@@H](OC(C)=O)[C@H]2[C@@H]1[C@H]1[C@@H](CC[C@@]2(COC(C)=O)OC(C)=O)C1(C)C. The van der Waals surface area contributed by atoms with Crippen LogP contribution in [0.5, 0.6) is 0 Å². The van der Waals surface area contributed by atoms with Crippen LogP contribution in [0.4, 0.5) is 0 Å².